The van der Waals surface area contributed by atoms with Gasteiger partial charge in [-0.05, 0) is 45.2 Å². The second-order valence-electron chi connectivity index (χ2n) is 6.26. The van der Waals surface area contributed by atoms with E-state index in [-0.39, 0.29) is 0 Å². The molecule has 4 heterocycles. The van der Waals surface area contributed by atoms with Crippen LogP contribution in [0.5, 0.6) is 0 Å². The highest BCUT2D eigenvalue weighted by Gasteiger charge is 2.32. The maximum Gasteiger partial charge on any atom is 0.124 e. The number of fused-ring (bicyclic) bond motifs is 1. The van der Waals surface area contributed by atoms with E-state index in [2.05, 4.69) is 21.4 Å². The quantitative estimate of drug-likeness (QED) is 0.866. The summed E-state index contributed by atoms with van der Waals surface area (Å²) in [6, 6.07) is 2.71. The van der Waals surface area contributed by atoms with Crippen LogP contribution in [0.1, 0.15) is 49.8 Å². The molecule has 2 unspecified atom stereocenters. The molecule has 2 saturated heterocycles. The van der Waals surface area contributed by atoms with E-state index in [4.69, 9.17) is 9.84 Å². The lowest BCUT2D eigenvalue weighted by molar-refractivity contribution is 0.0589. The first kappa shape index (κ1) is 12.7. The molecule has 0 amide bonds. The zero-order valence-electron chi connectivity index (χ0n) is 12.0. The van der Waals surface area contributed by atoms with Crippen molar-refractivity contribution in [1.82, 2.24) is 15.1 Å². The molecule has 5 nitrogen and oxygen atoms in total. The highest BCUT2D eigenvalue weighted by atomic mass is 16.5. The van der Waals surface area contributed by atoms with Crippen molar-refractivity contribution in [2.45, 2.75) is 50.2 Å². The average Bonchev–Trinajstić information content (AvgIpc) is 3.17. The molecule has 0 aliphatic carbocycles. The molecule has 3 aliphatic heterocycles. The first-order valence-corrected chi connectivity index (χ1v) is 8.07. The Labute approximate surface area is 120 Å². The number of nitrogens with one attached hydrogen (secondary N) is 2. The molecular formula is C15H24N4O. The van der Waals surface area contributed by atoms with Gasteiger partial charge in [-0.2, -0.15) is 5.10 Å². The summed E-state index contributed by atoms with van der Waals surface area (Å²) in [7, 11) is 0. The van der Waals surface area contributed by atoms with Crippen LogP contribution < -0.4 is 10.6 Å². The molecule has 1 aromatic heterocycles. The Balaban J connectivity index is 1.59. The Bertz CT molecular complexity index is 460. The van der Waals surface area contributed by atoms with E-state index < -0.39 is 0 Å². The number of rotatable bonds is 2. The van der Waals surface area contributed by atoms with E-state index in [1.807, 2.05) is 0 Å². The van der Waals surface area contributed by atoms with E-state index in [0.29, 0.717) is 18.1 Å². The molecule has 110 valence electrons. The van der Waals surface area contributed by atoms with Crippen molar-refractivity contribution in [2.24, 2.45) is 0 Å². The molecule has 0 bridgehead atoms. The van der Waals surface area contributed by atoms with Crippen LogP contribution in [0.25, 0.3) is 0 Å². The first-order valence-electron chi connectivity index (χ1n) is 8.07. The number of anilines is 1. The van der Waals surface area contributed by atoms with E-state index >= 15 is 0 Å². The predicted molar refractivity (Wildman–Crippen MR) is 78.2 cm³/mol. The number of hydrogen-bond donors (Lipinski definition) is 2. The standard InChI is InChI=1S/C15H24N4O/c1-2-14(20-9-1)13-5-8-17-15-10-12(18-19(13)15)11-3-6-16-7-4-11/h10-11,13-14,16-17H,1-9H2. The van der Waals surface area contributed by atoms with Crippen molar-refractivity contribution in [3.8, 4) is 0 Å². The second-order valence-corrected chi connectivity index (χ2v) is 6.26. The van der Waals surface area contributed by atoms with Gasteiger partial charge in [0.2, 0.25) is 0 Å². The van der Waals surface area contributed by atoms with Crippen molar-refractivity contribution in [3.63, 3.8) is 0 Å². The van der Waals surface area contributed by atoms with Gasteiger partial charge < -0.3 is 15.4 Å². The van der Waals surface area contributed by atoms with Gasteiger partial charge in [-0.1, -0.05) is 0 Å². The molecule has 5 heteroatoms. The highest BCUT2D eigenvalue weighted by molar-refractivity contribution is 5.40. The van der Waals surface area contributed by atoms with E-state index in [0.717, 1.165) is 32.7 Å². The molecular weight excluding hydrogens is 252 g/mol. The molecule has 4 rings (SSSR count). The van der Waals surface area contributed by atoms with Crippen LogP contribution in [0.3, 0.4) is 0 Å². The lowest BCUT2D eigenvalue weighted by atomic mass is 9.95. The Hall–Kier alpha value is -1.07. The van der Waals surface area contributed by atoms with Crippen LogP contribution in [-0.4, -0.2) is 42.1 Å². The van der Waals surface area contributed by atoms with Gasteiger partial charge in [0.15, 0.2) is 0 Å². The SMILES string of the molecule is c1c(C2CCNCC2)nn2c1NCCC2C1CCCO1. The molecule has 2 fully saturated rings. The minimum Gasteiger partial charge on any atom is -0.376 e. The predicted octanol–water partition coefficient (Wildman–Crippen LogP) is 1.89. The Morgan fingerprint density at radius 2 is 2.05 bits per heavy atom. The van der Waals surface area contributed by atoms with Gasteiger partial charge in [-0.3, -0.25) is 0 Å². The average molecular weight is 276 g/mol. The zero-order valence-corrected chi connectivity index (χ0v) is 12.0. The molecule has 0 radical (unpaired) electrons. The van der Waals surface area contributed by atoms with Crippen molar-refractivity contribution >= 4 is 5.82 Å². The van der Waals surface area contributed by atoms with Crippen LogP contribution in [0.2, 0.25) is 0 Å². The van der Waals surface area contributed by atoms with Crippen LogP contribution in [0.4, 0.5) is 5.82 Å². The molecule has 0 spiro atoms. The van der Waals surface area contributed by atoms with Crippen molar-refractivity contribution in [3.05, 3.63) is 11.8 Å². The Kier molecular flexibility index (Phi) is 3.40. The fraction of sp³-hybridized carbons (Fsp3) is 0.800. The normalized spacial score (nSPS) is 31.0. The van der Waals surface area contributed by atoms with Crippen molar-refractivity contribution in [1.29, 1.82) is 0 Å². The third-order valence-electron chi connectivity index (χ3n) is 4.97. The van der Waals surface area contributed by atoms with E-state index in [1.54, 1.807) is 0 Å². The van der Waals surface area contributed by atoms with Gasteiger partial charge in [0.05, 0.1) is 17.8 Å². The molecule has 0 saturated carbocycles. The van der Waals surface area contributed by atoms with Gasteiger partial charge in [0, 0.05) is 25.1 Å². The van der Waals surface area contributed by atoms with Crippen molar-refractivity contribution < 1.29 is 4.74 Å². The maximum absolute atomic E-state index is 5.91. The smallest absolute Gasteiger partial charge is 0.124 e. The van der Waals surface area contributed by atoms with Crippen LogP contribution in [0, 0.1) is 0 Å². The number of ether oxygens (including phenoxy) is 1. The molecule has 2 N–H and O–H groups in total. The Morgan fingerprint density at radius 1 is 1.15 bits per heavy atom. The van der Waals surface area contributed by atoms with Gasteiger partial charge in [0.25, 0.3) is 0 Å². The van der Waals surface area contributed by atoms with Gasteiger partial charge in [-0.25, -0.2) is 4.68 Å². The lowest BCUT2D eigenvalue weighted by Crippen LogP contribution is -2.32. The first-order chi connectivity index (χ1) is 9.92. The summed E-state index contributed by atoms with van der Waals surface area (Å²) in [4.78, 5) is 0. The molecule has 2 atom stereocenters. The summed E-state index contributed by atoms with van der Waals surface area (Å²) in [6.45, 7) is 4.21. The summed E-state index contributed by atoms with van der Waals surface area (Å²) in [5.41, 5.74) is 1.28. The summed E-state index contributed by atoms with van der Waals surface area (Å²) < 4.78 is 8.12. The number of aromatic nitrogens is 2. The van der Waals surface area contributed by atoms with Crippen LogP contribution in [-0.2, 0) is 4.74 Å². The largest absolute Gasteiger partial charge is 0.376 e. The van der Waals surface area contributed by atoms with E-state index in [9.17, 15) is 0 Å². The molecule has 20 heavy (non-hydrogen) atoms. The van der Waals surface area contributed by atoms with Crippen LogP contribution in [0.15, 0.2) is 6.07 Å². The lowest BCUT2D eigenvalue weighted by Gasteiger charge is -2.29. The summed E-state index contributed by atoms with van der Waals surface area (Å²) in [5.74, 6) is 1.83. The number of piperidine rings is 1. The number of nitrogens with zero attached hydrogens (tertiary/aromatic N) is 2. The van der Waals surface area contributed by atoms with Crippen molar-refractivity contribution in [2.75, 3.05) is 31.6 Å². The monoisotopic (exact) mass is 276 g/mol. The molecule has 0 aromatic carbocycles. The highest BCUT2D eigenvalue weighted by Crippen LogP contribution is 2.35. The summed E-state index contributed by atoms with van der Waals surface area (Å²) >= 11 is 0. The van der Waals surface area contributed by atoms with Gasteiger partial charge >= 0.3 is 0 Å². The van der Waals surface area contributed by atoms with Gasteiger partial charge in [0.1, 0.15) is 5.82 Å². The summed E-state index contributed by atoms with van der Waals surface area (Å²) in [5, 5.41) is 11.9. The molecule has 1 aromatic rings. The Morgan fingerprint density at radius 3 is 2.85 bits per heavy atom. The van der Waals surface area contributed by atoms with E-state index in [1.165, 1.54) is 37.2 Å². The topological polar surface area (TPSA) is 51.1 Å². The fourth-order valence-electron chi connectivity index (χ4n) is 3.84. The summed E-state index contributed by atoms with van der Waals surface area (Å²) in [6.07, 6.45) is 6.31. The third-order valence-corrected chi connectivity index (χ3v) is 4.97. The fourth-order valence-corrected chi connectivity index (χ4v) is 3.84. The third kappa shape index (κ3) is 2.23. The number of hydrogen-bond acceptors (Lipinski definition) is 4. The van der Waals surface area contributed by atoms with Gasteiger partial charge in [-0.15, -0.1) is 0 Å². The minimum absolute atomic E-state index is 0.372. The second kappa shape index (κ2) is 5.37. The maximum atomic E-state index is 5.91. The zero-order chi connectivity index (χ0) is 13.4. The van der Waals surface area contributed by atoms with Crippen LogP contribution >= 0.6 is 0 Å². The molecule has 3 aliphatic rings. The minimum atomic E-state index is 0.372.